The van der Waals surface area contributed by atoms with E-state index in [1.54, 1.807) is 0 Å². The Labute approximate surface area is 95.5 Å². The first-order chi connectivity index (χ1) is 8.00. The highest BCUT2D eigenvalue weighted by molar-refractivity contribution is 7.92. The molecule has 8 heteroatoms. The van der Waals surface area contributed by atoms with E-state index in [0.29, 0.717) is 0 Å². The van der Waals surface area contributed by atoms with E-state index < -0.39 is 27.3 Å². The van der Waals surface area contributed by atoms with E-state index in [1.165, 1.54) is 0 Å². The van der Waals surface area contributed by atoms with Crippen LogP contribution >= 0.6 is 0 Å². The van der Waals surface area contributed by atoms with Crippen molar-refractivity contribution in [3.63, 3.8) is 0 Å². The molecule has 0 saturated heterocycles. The fourth-order valence-electron chi connectivity index (χ4n) is 1.17. The van der Waals surface area contributed by atoms with Crippen molar-refractivity contribution in [2.75, 3.05) is 4.72 Å². The van der Waals surface area contributed by atoms with Crippen LogP contribution in [0.1, 0.15) is 0 Å². The number of nitrogens with zero attached hydrogens (tertiary/aromatic N) is 1. The van der Waals surface area contributed by atoms with Gasteiger partial charge in [0.2, 0.25) is 0 Å². The van der Waals surface area contributed by atoms with Crippen molar-refractivity contribution in [3.8, 4) is 0 Å². The molecule has 1 heterocycles. The summed E-state index contributed by atoms with van der Waals surface area (Å²) >= 11 is 0. The van der Waals surface area contributed by atoms with Gasteiger partial charge < -0.3 is 0 Å². The number of anilines is 1. The van der Waals surface area contributed by atoms with Crippen LogP contribution in [-0.4, -0.2) is 18.6 Å². The van der Waals surface area contributed by atoms with Gasteiger partial charge in [0.25, 0.3) is 10.0 Å². The Morgan fingerprint density at radius 3 is 2.41 bits per heavy atom. The molecule has 1 aromatic carbocycles. The lowest BCUT2D eigenvalue weighted by Gasteiger charge is -2.07. The Hall–Kier alpha value is -1.96. The summed E-state index contributed by atoms with van der Waals surface area (Å²) in [6, 6.07) is 3.05. The average molecular weight is 259 g/mol. The Bertz CT molecular complexity index is 605. The van der Waals surface area contributed by atoms with Gasteiger partial charge in [-0.2, -0.15) is 5.10 Å². The maximum atomic E-state index is 13.2. The van der Waals surface area contributed by atoms with Crippen molar-refractivity contribution in [2.45, 2.75) is 4.90 Å². The first-order valence-electron chi connectivity index (χ1n) is 4.46. The quantitative estimate of drug-likeness (QED) is 0.876. The van der Waals surface area contributed by atoms with E-state index >= 15 is 0 Å². The minimum absolute atomic E-state index is 0.208. The molecule has 0 bridgehead atoms. The molecule has 0 fully saturated rings. The van der Waals surface area contributed by atoms with E-state index in [-0.39, 0.29) is 4.90 Å². The first-order valence-corrected chi connectivity index (χ1v) is 5.94. The Balaban J connectivity index is 2.40. The maximum absolute atomic E-state index is 13.2. The van der Waals surface area contributed by atoms with Crippen LogP contribution in [0.2, 0.25) is 0 Å². The molecule has 0 aliphatic heterocycles. The first kappa shape index (κ1) is 11.5. The van der Waals surface area contributed by atoms with Crippen molar-refractivity contribution < 1.29 is 17.2 Å². The molecule has 90 valence electrons. The second-order valence-electron chi connectivity index (χ2n) is 3.14. The van der Waals surface area contributed by atoms with E-state index in [0.717, 1.165) is 30.6 Å². The molecule has 2 rings (SSSR count). The summed E-state index contributed by atoms with van der Waals surface area (Å²) in [5, 5.41) is 5.74. The Kier molecular flexibility index (Phi) is 2.80. The number of benzene rings is 1. The predicted molar refractivity (Wildman–Crippen MR) is 55.8 cm³/mol. The third-order valence-corrected chi connectivity index (χ3v) is 3.30. The number of sulfonamides is 1. The number of para-hydroxylation sites is 1. The standard InChI is InChI=1S/C9H7F2N3O2S/c10-7-2-1-3-8(11)9(7)14-17(15,16)6-4-12-13-5-6/h1-5,14H,(H,12,13). The summed E-state index contributed by atoms with van der Waals surface area (Å²) in [7, 11) is -4.04. The number of aromatic nitrogens is 2. The second-order valence-corrected chi connectivity index (χ2v) is 4.82. The zero-order valence-electron chi connectivity index (χ0n) is 8.31. The van der Waals surface area contributed by atoms with Crippen molar-refractivity contribution in [3.05, 3.63) is 42.2 Å². The Morgan fingerprint density at radius 1 is 1.24 bits per heavy atom. The van der Waals surface area contributed by atoms with Crippen LogP contribution in [0.3, 0.4) is 0 Å². The van der Waals surface area contributed by atoms with Gasteiger partial charge in [-0.3, -0.25) is 9.82 Å². The molecule has 1 aromatic heterocycles. The third-order valence-electron chi connectivity index (χ3n) is 1.98. The molecular formula is C9H7F2N3O2S. The minimum atomic E-state index is -4.04. The van der Waals surface area contributed by atoms with Crippen LogP contribution in [0.5, 0.6) is 0 Å². The molecule has 2 N–H and O–H groups in total. The largest absolute Gasteiger partial charge is 0.284 e. The second kappa shape index (κ2) is 4.13. The smallest absolute Gasteiger partial charge is 0.265 e. The lowest BCUT2D eigenvalue weighted by molar-refractivity contribution is 0.583. The van der Waals surface area contributed by atoms with Crippen LogP contribution in [0.25, 0.3) is 0 Å². The summed E-state index contributed by atoms with van der Waals surface area (Å²) in [4.78, 5) is -0.208. The molecule has 0 unspecified atom stereocenters. The number of nitrogens with one attached hydrogen (secondary N) is 2. The van der Waals surface area contributed by atoms with E-state index in [2.05, 4.69) is 10.2 Å². The number of halogens is 2. The van der Waals surface area contributed by atoms with Gasteiger partial charge in [-0.1, -0.05) is 6.07 Å². The highest BCUT2D eigenvalue weighted by Crippen LogP contribution is 2.21. The highest BCUT2D eigenvalue weighted by atomic mass is 32.2. The van der Waals surface area contributed by atoms with Gasteiger partial charge in [0.05, 0.1) is 6.20 Å². The lowest BCUT2D eigenvalue weighted by Crippen LogP contribution is -2.14. The third kappa shape index (κ3) is 2.26. The molecule has 0 saturated carbocycles. The molecule has 0 aliphatic carbocycles. The summed E-state index contributed by atoms with van der Waals surface area (Å²) in [5.41, 5.74) is -0.714. The van der Waals surface area contributed by atoms with Gasteiger partial charge in [0.15, 0.2) is 0 Å². The fraction of sp³-hybridized carbons (Fsp3) is 0. The van der Waals surface area contributed by atoms with E-state index in [1.807, 2.05) is 4.72 Å². The van der Waals surface area contributed by atoms with Gasteiger partial charge in [-0.25, -0.2) is 17.2 Å². The van der Waals surface area contributed by atoms with Gasteiger partial charge in [0, 0.05) is 6.20 Å². The topological polar surface area (TPSA) is 74.8 Å². The molecule has 17 heavy (non-hydrogen) atoms. The number of aromatic amines is 1. The summed E-state index contributed by atoms with van der Waals surface area (Å²) in [6.45, 7) is 0. The zero-order chi connectivity index (χ0) is 12.5. The maximum Gasteiger partial charge on any atom is 0.265 e. The lowest BCUT2D eigenvalue weighted by atomic mass is 10.3. The number of hydrogen-bond acceptors (Lipinski definition) is 3. The molecule has 0 spiro atoms. The molecule has 0 aliphatic rings. The number of hydrogen-bond donors (Lipinski definition) is 2. The van der Waals surface area contributed by atoms with Gasteiger partial charge in [-0.05, 0) is 12.1 Å². The molecule has 5 nitrogen and oxygen atoms in total. The normalized spacial score (nSPS) is 11.4. The SMILES string of the molecule is O=S(=O)(Nc1c(F)cccc1F)c1cn[nH]c1. The van der Waals surface area contributed by atoms with Crippen LogP contribution in [0.15, 0.2) is 35.5 Å². The van der Waals surface area contributed by atoms with Gasteiger partial charge in [0.1, 0.15) is 22.2 Å². The van der Waals surface area contributed by atoms with Crippen LogP contribution in [0, 0.1) is 11.6 Å². The van der Waals surface area contributed by atoms with Crippen molar-refractivity contribution in [1.82, 2.24) is 10.2 Å². The Morgan fingerprint density at radius 2 is 1.88 bits per heavy atom. The summed E-state index contributed by atoms with van der Waals surface area (Å²) in [5.74, 6) is -1.98. The van der Waals surface area contributed by atoms with E-state index in [9.17, 15) is 17.2 Å². The van der Waals surface area contributed by atoms with E-state index in [4.69, 9.17) is 0 Å². The summed E-state index contributed by atoms with van der Waals surface area (Å²) < 4.78 is 51.6. The highest BCUT2D eigenvalue weighted by Gasteiger charge is 2.19. The zero-order valence-corrected chi connectivity index (χ0v) is 9.13. The fourth-order valence-corrected chi connectivity index (χ4v) is 2.16. The van der Waals surface area contributed by atoms with Crippen LogP contribution in [-0.2, 0) is 10.0 Å². The average Bonchev–Trinajstić information content (AvgIpc) is 2.77. The predicted octanol–water partition coefficient (Wildman–Crippen LogP) is 1.49. The number of H-pyrrole nitrogens is 1. The van der Waals surface area contributed by atoms with Gasteiger partial charge >= 0.3 is 0 Å². The summed E-state index contributed by atoms with van der Waals surface area (Å²) in [6.07, 6.45) is 2.13. The van der Waals surface area contributed by atoms with Crippen molar-refractivity contribution in [1.29, 1.82) is 0 Å². The molecular weight excluding hydrogens is 252 g/mol. The monoisotopic (exact) mass is 259 g/mol. The van der Waals surface area contributed by atoms with Crippen LogP contribution in [0.4, 0.5) is 14.5 Å². The molecule has 0 radical (unpaired) electrons. The molecule has 0 amide bonds. The van der Waals surface area contributed by atoms with Gasteiger partial charge in [-0.15, -0.1) is 0 Å². The van der Waals surface area contributed by atoms with Crippen molar-refractivity contribution in [2.24, 2.45) is 0 Å². The molecule has 2 aromatic rings. The minimum Gasteiger partial charge on any atom is -0.284 e. The molecule has 0 atom stereocenters. The van der Waals surface area contributed by atoms with Crippen molar-refractivity contribution >= 4 is 15.7 Å². The number of rotatable bonds is 3. The van der Waals surface area contributed by atoms with Crippen LogP contribution < -0.4 is 4.72 Å².